The van der Waals surface area contributed by atoms with Crippen LogP contribution in [0.5, 0.6) is 0 Å². The maximum Gasteiger partial charge on any atom is 0.269 e. The fraction of sp³-hybridized carbons (Fsp3) is 0.400. The highest BCUT2D eigenvalue weighted by atomic mass is 35.5. The third-order valence-electron chi connectivity index (χ3n) is 2.19. The number of hydrogen-bond acceptors (Lipinski definition) is 3. The van der Waals surface area contributed by atoms with Crippen LogP contribution < -0.4 is 5.73 Å². The molecule has 0 saturated carbocycles. The number of rotatable bonds is 4. The summed E-state index contributed by atoms with van der Waals surface area (Å²) in [6, 6.07) is 4.11. The molecule has 1 atom stereocenters. The molecule has 0 saturated heterocycles. The third-order valence-corrected chi connectivity index (χ3v) is 2.53. The highest BCUT2D eigenvalue weighted by Gasteiger charge is 2.14. The van der Waals surface area contributed by atoms with Gasteiger partial charge in [0.2, 0.25) is 0 Å². The summed E-state index contributed by atoms with van der Waals surface area (Å²) in [4.78, 5) is 10.1. The second-order valence-corrected chi connectivity index (χ2v) is 3.77. The highest BCUT2D eigenvalue weighted by molar-refractivity contribution is 6.31. The van der Waals surface area contributed by atoms with Crippen molar-refractivity contribution in [3.05, 3.63) is 38.9 Å². The zero-order valence-corrected chi connectivity index (χ0v) is 9.20. The average Bonchev–Trinajstić information content (AvgIpc) is 2.18. The Morgan fingerprint density at radius 1 is 1.60 bits per heavy atom. The average molecular weight is 229 g/mol. The van der Waals surface area contributed by atoms with Gasteiger partial charge in [-0.05, 0) is 18.1 Å². The molecule has 0 amide bonds. The molecular weight excluding hydrogens is 216 g/mol. The minimum absolute atomic E-state index is 0.0287. The van der Waals surface area contributed by atoms with Gasteiger partial charge in [0.1, 0.15) is 0 Å². The SMILES string of the molecule is CCC[C@@H](N)c1cc([N+](=O)[O-])ccc1Cl. The van der Waals surface area contributed by atoms with Crippen LogP contribution in [0.4, 0.5) is 5.69 Å². The monoisotopic (exact) mass is 228 g/mol. The lowest BCUT2D eigenvalue weighted by Gasteiger charge is -2.11. The summed E-state index contributed by atoms with van der Waals surface area (Å²) in [5, 5.41) is 11.1. The molecule has 4 nitrogen and oxygen atoms in total. The van der Waals surface area contributed by atoms with E-state index < -0.39 is 4.92 Å². The molecular formula is C10H13ClN2O2. The molecule has 0 aromatic heterocycles. The highest BCUT2D eigenvalue weighted by Crippen LogP contribution is 2.28. The topological polar surface area (TPSA) is 69.2 Å². The van der Waals surface area contributed by atoms with Crippen LogP contribution in [0, 0.1) is 10.1 Å². The van der Waals surface area contributed by atoms with Crippen molar-refractivity contribution in [2.45, 2.75) is 25.8 Å². The largest absolute Gasteiger partial charge is 0.324 e. The molecule has 0 bridgehead atoms. The molecule has 82 valence electrons. The van der Waals surface area contributed by atoms with Crippen molar-refractivity contribution in [1.29, 1.82) is 0 Å². The van der Waals surface area contributed by atoms with Crippen LogP contribution in [-0.2, 0) is 0 Å². The Hall–Kier alpha value is -1.13. The fourth-order valence-corrected chi connectivity index (χ4v) is 1.65. The van der Waals surface area contributed by atoms with Crippen molar-refractivity contribution >= 4 is 17.3 Å². The number of halogens is 1. The quantitative estimate of drug-likeness (QED) is 0.636. The summed E-state index contributed by atoms with van der Waals surface area (Å²) < 4.78 is 0. The van der Waals surface area contributed by atoms with Crippen molar-refractivity contribution in [3.63, 3.8) is 0 Å². The minimum Gasteiger partial charge on any atom is -0.324 e. The number of benzene rings is 1. The summed E-state index contributed by atoms with van der Waals surface area (Å²) in [5.74, 6) is 0. The summed E-state index contributed by atoms with van der Waals surface area (Å²) in [6.45, 7) is 2.01. The number of nitro benzene ring substituents is 1. The molecule has 1 rings (SSSR count). The summed E-state index contributed by atoms with van der Waals surface area (Å²) in [6.07, 6.45) is 1.68. The Balaban J connectivity index is 3.04. The molecule has 2 N–H and O–H groups in total. The van der Waals surface area contributed by atoms with E-state index in [1.165, 1.54) is 18.2 Å². The van der Waals surface area contributed by atoms with Gasteiger partial charge in [-0.15, -0.1) is 0 Å². The Kier molecular flexibility index (Phi) is 4.05. The van der Waals surface area contributed by atoms with Gasteiger partial charge in [0.25, 0.3) is 5.69 Å². The maximum absolute atomic E-state index is 10.6. The van der Waals surface area contributed by atoms with E-state index in [9.17, 15) is 10.1 Å². The standard InChI is InChI=1S/C10H13ClN2O2/c1-2-3-10(12)8-6-7(13(14)15)4-5-9(8)11/h4-6,10H,2-3,12H2,1H3/t10-/m1/s1. The summed E-state index contributed by atoms with van der Waals surface area (Å²) >= 11 is 5.93. The second kappa shape index (κ2) is 5.09. The molecule has 0 heterocycles. The first-order valence-electron chi connectivity index (χ1n) is 4.75. The van der Waals surface area contributed by atoms with E-state index in [1.807, 2.05) is 6.92 Å². The fourth-order valence-electron chi connectivity index (χ4n) is 1.40. The molecule has 0 aliphatic rings. The molecule has 1 aromatic carbocycles. The molecule has 0 spiro atoms. The van der Waals surface area contributed by atoms with Gasteiger partial charge in [0.15, 0.2) is 0 Å². The van der Waals surface area contributed by atoms with Crippen molar-refractivity contribution in [2.24, 2.45) is 5.73 Å². The van der Waals surface area contributed by atoms with Crippen LogP contribution in [0.3, 0.4) is 0 Å². The van der Waals surface area contributed by atoms with E-state index in [-0.39, 0.29) is 11.7 Å². The number of hydrogen-bond donors (Lipinski definition) is 1. The molecule has 0 fully saturated rings. The molecule has 0 aliphatic heterocycles. The number of nitrogens with two attached hydrogens (primary N) is 1. The number of nitrogens with zero attached hydrogens (tertiary/aromatic N) is 1. The van der Waals surface area contributed by atoms with Crippen LogP contribution in [-0.4, -0.2) is 4.92 Å². The van der Waals surface area contributed by atoms with Gasteiger partial charge in [-0.3, -0.25) is 10.1 Å². The lowest BCUT2D eigenvalue weighted by molar-refractivity contribution is -0.384. The molecule has 1 aromatic rings. The first-order valence-corrected chi connectivity index (χ1v) is 5.13. The zero-order chi connectivity index (χ0) is 11.4. The molecule has 0 unspecified atom stereocenters. The van der Waals surface area contributed by atoms with Gasteiger partial charge in [0.05, 0.1) is 4.92 Å². The lowest BCUT2D eigenvalue weighted by atomic mass is 10.0. The minimum atomic E-state index is -0.446. The summed E-state index contributed by atoms with van der Waals surface area (Å²) in [7, 11) is 0. The Labute approximate surface area is 93.2 Å². The lowest BCUT2D eigenvalue weighted by Crippen LogP contribution is -2.10. The molecule has 15 heavy (non-hydrogen) atoms. The van der Waals surface area contributed by atoms with Crippen LogP contribution in [0.25, 0.3) is 0 Å². The first kappa shape index (κ1) is 11.9. The Morgan fingerprint density at radius 2 is 2.27 bits per heavy atom. The van der Waals surface area contributed by atoms with Crippen molar-refractivity contribution in [2.75, 3.05) is 0 Å². The summed E-state index contributed by atoms with van der Waals surface area (Å²) in [5.41, 5.74) is 6.54. The van der Waals surface area contributed by atoms with Gasteiger partial charge in [-0.1, -0.05) is 24.9 Å². The predicted molar refractivity (Wildman–Crippen MR) is 59.9 cm³/mol. The van der Waals surface area contributed by atoms with Crippen LogP contribution in [0.2, 0.25) is 5.02 Å². The van der Waals surface area contributed by atoms with Gasteiger partial charge in [0, 0.05) is 23.2 Å². The van der Waals surface area contributed by atoms with E-state index in [0.717, 1.165) is 12.8 Å². The first-order chi connectivity index (χ1) is 7.06. The van der Waals surface area contributed by atoms with Gasteiger partial charge in [-0.2, -0.15) is 0 Å². The Bertz CT molecular complexity index is 368. The van der Waals surface area contributed by atoms with E-state index in [2.05, 4.69) is 0 Å². The third kappa shape index (κ3) is 2.91. The second-order valence-electron chi connectivity index (χ2n) is 3.36. The van der Waals surface area contributed by atoms with E-state index in [1.54, 1.807) is 0 Å². The molecule has 0 aliphatic carbocycles. The normalized spacial score (nSPS) is 12.5. The van der Waals surface area contributed by atoms with Crippen LogP contribution >= 0.6 is 11.6 Å². The van der Waals surface area contributed by atoms with Crippen molar-refractivity contribution < 1.29 is 4.92 Å². The van der Waals surface area contributed by atoms with Crippen molar-refractivity contribution in [1.82, 2.24) is 0 Å². The van der Waals surface area contributed by atoms with Gasteiger partial charge >= 0.3 is 0 Å². The van der Waals surface area contributed by atoms with Crippen LogP contribution in [0.15, 0.2) is 18.2 Å². The van der Waals surface area contributed by atoms with Gasteiger partial charge in [-0.25, -0.2) is 0 Å². The van der Waals surface area contributed by atoms with Crippen LogP contribution in [0.1, 0.15) is 31.4 Å². The van der Waals surface area contributed by atoms with E-state index in [0.29, 0.717) is 10.6 Å². The number of non-ortho nitro benzene ring substituents is 1. The predicted octanol–water partition coefficient (Wildman–Crippen LogP) is 3.05. The number of nitro groups is 1. The van der Waals surface area contributed by atoms with E-state index in [4.69, 9.17) is 17.3 Å². The maximum atomic E-state index is 10.6. The molecule has 0 radical (unpaired) electrons. The zero-order valence-electron chi connectivity index (χ0n) is 8.44. The Morgan fingerprint density at radius 3 is 2.80 bits per heavy atom. The van der Waals surface area contributed by atoms with Crippen molar-refractivity contribution in [3.8, 4) is 0 Å². The van der Waals surface area contributed by atoms with Gasteiger partial charge < -0.3 is 5.73 Å². The molecule has 5 heteroatoms. The van der Waals surface area contributed by atoms with E-state index >= 15 is 0 Å². The smallest absolute Gasteiger partial charge is 0.269 e.